The Labute approximate surface area is 153 Å². The monoisotopic (exact) mass is 359 g/mol. The van der Waals surface area contributed by atoms with Gasteiger partial charge in [0.25, 0.3) is 0 Å². The summed E-state index contributed by atoms with van der Waals surface area (Å²) in [6.07, 6.45) is 0. The van der Waals surface area contributed by atoms with E-state index in [1.54, 1.807) is 31.3 Å². The van der Waals surface area contributed by atoms with Crippen molar-refractivity contribution in [3.05, 3.63) is 58.1 Å². The number of carbonyl (C=O) groups excluding carboxylic acids is 2. The zero-order valence-electron chi connectivity index (χ0n) is 14.8. The molecular formula is C19H22ClN3O2. The highest BCUT2D eigenvalue weighted by Crippen LogP contribution is 2.22. The lowest BCUT2D eigenvalue weighted by Crippen LogP contribution is -2.37. The molecule has 0 saturated heterocycles. The van der Waals surface area contributed by atoms with Gasteiger partial charge in [-0.1, -0.05) is 35.4 Å². The third-order valence-corrected chi connectivity index (χ3v) is 3.98. The largest absolute Gasteiger partial charge is 0.324 e. The Kier molecular flexibility index (Phi) is 6.04. The van der Waals surface area contributed by atoms with Gasteiger partial charge >= 0.3 is 6.03 Å². The molecule has 0 radical (unpaired) electrons. The van der Waals surface area contributed by atoms with Crippen LogP contribution in [0.25, 0.3) is 0 Å². The fraction of sp³-hybridized carbons (Fsp3) is 0.263. The number of carbonyl (C=O) groups is 2. The summed E-state index contributed by atoms with van der Waals surface area (Å²) >= 11 is 5.89. The van der Waals surface area contributed by atoms with Gasteiger partial charge in [-0.15, -0.1) is 0 Å². The van der Waals surface area contributed by atoms with Gasteiger partial charge in [-0.3, -0.25) is 4.79 Å². The predicted molar refractivity (Wildman–Crippen MR) is 102 cm³/mol. The number of nitrogens with zero attached hydrogens (tertiary/aromatic N) is 1. The third-order valence-electron chi connectivity index (χ3n) is 3.74. The van der Waals surface area contributed by atoms with E-state index in [2.05, 4.69) is 10.6 Å². The first-order valence-corrected chi connectivity index (χ1v) is 8.29. The van der Waals surface area contributed by atoms with Gasteiger partial charge in [0.2, 0.25) is 5.91 Å². The molecule has 25 heavy (non-hydrogen) atoms. The lowest BCUT2D eigenvalue weighted by molar-refractivity contribution is -0.116. The van der Waals surface area contributed by atoms with E-state index in [0.29, 0.717) is 10.7 Å². The van der Waals surface area contributed by atoms with Crippen molar-refractivity contribution in [3.8, 4) is 0 Å². The SMILES string of the molecule is Cc1cc(C)c(NC(=O)CN(C)C(=O)Nc2cccc(Cl)c2)c(C)c1. The summed E-state index contributed by atoms with van der Waals surface area (Å²) in [4.78, 5) is 25.8. The molecule has 6 heteroatoms. The average molecular weight is 360 g/mol. The molecule has 0 heterocycles. The molecule has 0 saturated carbocycles. The molecule has 0 bridgehead atoms. The van der Waals surface area contributed by atoms with Crippen LogP contribution < -0.4 is 10.6 Å². The Morgan fingerprint density at radius 2 is 1.68 bits per heavy atom. The van der Waals surface area contributed by atoms with Gasteiger partial charge in [-0.05, 0) is 50.1 Å². The Hall–Kier alpha value is -2.53. The van der Waals surface area contributed by atoms with Crippen molar-refractivity contribution in [2.24, 2.45) is 0 Å². The number of rotatable bonds is 4. The number of amides is 3. The van der Waals surface area contributed by atoms with Crippen LogP contribution in [0.5, 0.6) is 0 Å². The van der Waals surface area contributed by atoms with Crippen LogP contribution >= 0.6 is 11.6 Å². The van der Waals surface area contributed by atoms with E-state index in [4.69, 9.17) is 11.6 Å². The number of anilines is 2. The third kappa shape index (κ3) is 5.22. The molecule has 0 spiro atoms. The number of hydrogen-bond acceptors (Lipinski definition) is 2. The minimum absolute atomic E-state index is 0.0564. The summed E-state index contributed by atoms with van der Waals surface area (Å²) in [5.41, 5.74) is 4.51. The standard InChI is InChI=1S/C19H22ClN3O2/c1-12-8-13(2)18(14(3)9-12)22-17(24)11-23(4)19(25)21-16-7-5-6-15(20)10-16/h5-10H,11H2,1-4H3,(H,21,25)(H,22,24). The summed E-state index contributed by atoms with van der Waals surface area (Å²) < 4.78 is 0. The second-order valence-corrected chi connectivity index (χ2v) is 6.55. The van der Waals surface area contributed by atoms with Gasteiger partial charge in [-0.25, -0.2) is 4.79 Å². The van der Waals surface area contributed by atoms with Gasteiger partial charge < -0.3 is 15.5 Å². The van der Waals surface area contributed by atoms with Gasteiger partial charge in [0, 0.05) is 23.4 Å². The Balaban J connectivity index is 1.97. The zero-order chi connectivity index (χ0) is 18.6. The van der Waals surface area contributed by atoms with Crippen LogP contribution in [0, 0.1) is 20.8 Å². The minimum atomic E-state index is -0.380. The lowest BCUT2D eigenvalue weighted by atomic mass is 10.1. The number of hydrogen-bond donors (Lipinski definition) is 2. The van der Waals surface area contributed by atoms with E-state index in [0.717, 1.165) is 22.4 Å². The van der Waals surface area contributed by atoms with Gasteiger partial charge in [0.05, 0.1) is 0 Å². The fourth-order valence-electron chi connectivity index (χ4n) is 2.63. The quantitative estimate of drug-likeness (QED) is 0.851. The second-order valence-electron chi connectivity index (χ2n) is 6.12. The van der Waals surface area contributed by atoms with E-state index in [9.17, 15) is 9.59 Å². The summed E-state index contributed by atoms with van der Waals surface area (Å²) in [6.45, 7) is 5.86. The second kappa shape index (κ2) is 8.03. The molecule has 2 rings (SSSR count). The van der Waals surface area contributed by atoms with Gasteiger partial charge in [0.1, 0.15) is 6.54 Å². The van der Waals surface area contributed by atoms with Gasteiger partial charge in [-0.2, -0.15) is 0 Å². The number of nitrogens with one attached hydrogen (secondary N) is 2. The molecule has 2 N–H and O–H groups in total. The summed E-state index contributed by atoms with van der Waals surface area (Å²) in [5.74, 6) is -0.251. The topological polar surface area (TPSA) is 61.4 Å². The predicted octanol–water partition coefficient (Wildman–Crippen LogP) is 4.37. The summed E-state index contributed by atoms with van der Waals surface area (Å²) in [5, 5.41) is 6.12. The molecule has 0 aliphatic carbocycles. The highest BCUT2D eigenvalue weighted by Gasteiger charge is 2.15. The Morgan fingerprint density at radius 3 is 2.28 bits per heavy atom. The van der Waals surface area contributed by atoms with E-state index in [-0.39, 0.29) is 18.5 Å². The summed E-state index contributed by atoms with van der Waals surface area (Å²) in [6, 6.07) is 10.5. The molecule has 3 amide bonds. The van der Waals surface area contributed by atoms with Crippen molar-refractivity contribution in [1.82, 2.24) is 4.90 Å². The molecule has 0 unspecified atom stereocenters. The lowest BCUT2D eigenvalue weighted by Gasteiger charge is -2.19. The molecular weight excluding hydrogens is 338 g/mol. The number of halogens is 1. The number of aryl methyl sites for hydroxylation is 3. The maximum absolute atomic E-state index is 12.3. The Morgan fingerprint density at radius 1 is 1.04 bits per heavy atom. The van der Waals surface area contributed by atoms with Gasteiger partial charge in [0.15, 0.2) is 0 Å². The van der Waals surface area contributed by atoms with Crippen molar-refractivity contribution >= 4 is 34.9 Å². The van der Waals surface area contributed by atoms with Crippen LogP contribution in [-0.2, 0) is 4.79 Å². The minimum Gasteiger partial charge on any atom is -0.324 e. The van der Waals surface area contributed by atoms with Crippen molar-refractivity contribution < 1.29 is 9.59 Å². The van der Waals surface area contributed by atoms with Crippen LogP contribution in [0.4, 0.5) is 16.2 Å². The molecule has 132 valence electrons. The highest BCUT2D eigenvalue weighted by atomic mass is 35.5. The van der Waals surface area contributed by atoms with Crippen LogP contribution in [0.1, 0.15) is 16.7 Å². The first kappa shape index (κ1) is 18.8. The summed E-state index contributed by atoms with van der Waals surface area (Å²) in [7, 11) is 1.56. The molecule has 2 aromatic rings. The van der Waals surface area contributed by atoms with Crippen molar-refractivity contribution in [1.29, 1.82) is 0 Å². The first-order valence-electron chi connectivity index (χ1n) is 7.91. The van der Waals surface area contributed by atoms with E-state index in [1.165, 1.54) is 4.90 Å². The molecule has 0 aliphatic heterocycles. The molecule has 0 fully saturated rings. The number of benzene rings is 2. The number of urea groups is 1. The molecule has 0 atom stereocenters. The fourth-order valence-corrected chi connectivity index (χ4v) is 2.82. The maximum Gasteiger partial charge on any atom is 0.322 e. The van der Waals surface area contributed by atoms with Crippen molar-refractivity contribution in [2.45, 2.75) is 20.8 Å². The Bertz CT molecular complexity index is 782. The molecule has 0 aliphatic rings. The maximum atomic E-state index is 12.3. The van der Waals surface area contributed by atoms with E-state index in [1.807, 2.05) is 32.9 Å². The van der Waals surface area contributed by atoms with Crippen LogP contribution in [0.2, 0.25) is 5.02 Å². The molecule has 2 aromatic carbocycles. The zero-order valence-corrected chi connectivity index (χ0v) is 15.6. The molecule has 5 nitrogen and oxygen atoms in total. The van der Waals surface area contributed by atoms with Crippen molar-refractivity contribution in [3.63, 3.8) is 0 Å². The van der Waals surface area contributed by atoms with E-state index >= 15 is 0 Å². The van der Waals surface area contributed by atoms with Crippen LogP contribution in [0.15, 0.2) is 36.4 Å². The van der Waals surface area contributed by atoms with E-state index < -0.39 is 0 Å². The smallest absolute Gasteiger partial charge is 0.322 e. The molecule has 0 aromatic heterocycles. The number of likely N-dealkylation sites (N-methyl/N-ethyl adjacent to an activating group) is 1. The normalized spacial score (nSPS) is 10.3. The highest BCUT2D eigenvalue weighted by molar-refractivity contribution is 6.30. The van der Waals surface area contributed by atoms with Crippen LogP contribution in [0.3, 0.4) is 0 Å². The first-order chi connectivity index (χ1) is 11.8. The average Bonchev–Trinajstić information content (AvgIpc) is 2.50. The van der Waals surface area contributed by atoms with Crippen LogP contribution in [-0.4, -0.2) is 30.4 Å². The van der Waals surface area contributed by atoms with Crippen molar-refractivity contribution in [2.75, 3.05) is 24.2 Å².